The molecule has 0 N–H and O–H groups in total. The summed E-state index contributed by atoms with van der Waals surface area (Å²) in [5.74, 6) is -2.02. The first-order chi connectivity index (χ1) is 14.5. The predicted molar refractivity (Wildman–Crippen MR) is 107 cm³/mol. The standard InChI is InChI=1S/C22H16ClFN2O4/c23-17-5-2-1-4-14(17)13-25(22(29)19-6-3-11-30-19)18-12-20(27)26(21(18)28)16-9-7-15(24)8-10-16/h1-11,18H,12-13H2. The number of carbonyl (C=O) groups is 3. The fourth-order valence-corrected chi connectivity index (χ4v) is 3.59. The number of carbonyl (C=O) groups excluding carboxylic acids is 3. The molecule has 1 aromatic heterocycles. The van der Waals surface area contributed by atoms with Gasteiger partial charge in [0.25, 0.3) is 11.8 Å². The highest BCUT2D eigenvalue weighted by Crippen LogP contribution is 2.29. The molecule has 30 heavy (non-hydrogen) atoms. The number of benzene rings is 2. The molecule has 1 aliphatic heterocycles. The Bertz CT molecular complexity index is 1100. The van der Waals surface area contributed by atoms with Gasteiger partial charge in [-0.15, -0.1) is 0 Å². The Morgan fingerprint density at radius 1 is 1.10 bits per heavy atom. The van der Waals surface area contributed by atoms with Gasteiger partial charge in [0, 0.05) is 11.6 Å². The van der Waals surface area contributed by atoms with E-state index >= 15 is 0 Å². The quantitative estimate of drug-likeness (QED) is 0.577. The van der Waals surface area contributed by atoms with Gasteiger partial charge >= 0.3 is 0 Å². The lowest BCUT2D eigenvalue weighted by atomic mass is 10.1. The summed E-state index contributed by atoms with van der Waals surface area (Å²) in [4.78, 5) is 41.1. The van der Waals surface area contributed by atoms with E-state index in [0.717, 1.165) is 4.90 Å². The summed E-state index contributed by atoms with van der Waals surface area (Å²) in [6, 6.07) is 14.0. The highest BCUT2D eigenvalue weighted by molar-refractivity contribution is 6.31. The van der Waals surface area contributed by atoms with Gasteiger partial charge in [-0.05, 0) is 48.0 Å². The topological polar surface area (TPSA) is 70.8 Å². The van der Waals surface area contributed by atoms with Crippen molar-refractivity contribution in [1.29, 1.82) is 0 Å². The predicted octanol–water partition coefficient (Wildman–Crippen LogP) is 4.05. The maximum absolute atomic E-state index is 13.3. The van der Waals surface area contributed by atoms with Crippen LogP contribution in [0.25, 0.3) is 0 Å². The van der Waals surface area contributed by atoms with E-state index < -0.39 is 29.6 Å². The van der Waals surface area contributed by atoms with Crippen LogP contribution in [0.4, 0.5) is 10.1 Å². The molecule has 8 heteroatoms. The average molecular weight is 427 g/mol. The molecule has 3 amide bonds. The Morgan fingerprint density at radius 2 is 1.83 bits per heavy atom. The molecule has 0 spiro atoms. The number of halogens is 2. The van der Waals surface area contributed by atoms with Gasteiger partial charge in [-0.2, -0.15) is 0 Å². The van der Waals surface area contributed by atoms with Gasteiger partial charge in [0.2, 0.25) is 5.91 Å². The van der Waals surface area contributed by atoms with Gasteiger partial charge in [0.15, 0.2) is 5.76 Å². The van der Waals surface area contributed by atoms with Crippen LogP contribution in [0.15, 0.2) is 71.3 Å². The number of nitrogens with zero attached hydrogens (tertiary/aromatic N) is 2. The molecule has 1 saturated heterocycles. The Balaban J connectivity index is 1.69. The third kappa shape index (κ3) is 3.71. The van der Waals surface area contributed by atoms with Crippen LogP contribution >= 0.6 is 11.6 Å². The third-order valence-electron chi connectivity index (χ3n) is 4.88. The van der Waals surface area contributed by atoms with Gasteiger partial charge < -0.3 is 9.32 Å². The zero-order valence-corrected chi connectivity index (χ0v) is 16.4. The Morgan fingerprint density at radius 3 is 2.50 bits per heavy atom. The number of amides is 3. The van der Waals surface area contributed by atoms with Crippen molar-refractivity contribution in [2.24, 2.45) is 0 Å². The summed E-state index contributed by atoms with van der Waals surface area (Å²) < 4.78 is 18.5. The SMILES string of the molecule is O=C1CC(N(Cc2ccccc2Cl)C(=O)c2ccco2)C(=O)N1c1ccc(F)cc1. The van der Waals surface area contributed by atoms with Crippen LogP contribution in [0.5, 0.6) is 0 Å². The van der Waals surface area contributed by atoms with E-state index in [0.29, 0.717) is 10.6 Å². The Labute approximate surface area is 176 Å². The molecule has 0 radical (unpaired) electrons. The first kappa shape index (κ1) is 19.8. The smallest absolute Gasteiger partial charge is 0.290 e. The van der Waals surface area contributed by atoms with Crippen LogP contribution in [-0.4, -0.2) is 28.7 Å². The fourth-order valence-electron chi connectivity index (χ4n) is 3.40. The third-order valence-corrected chi connectivity index (χ3v) is 5.24. The van der Waals surface area contributed by atoms with E-state index in [9.17, 15) is 18.8 Å². The minimum Gasteiger partial charge on any atom is -0.459 e. The lowest BCUT2D eigenvalue weighted by Gasteiger charge is -2.27. The van der Waals surface area contributed by atoms with Crippen LogP contribution in [0.1, 0.15) is 22.5 Å². The monoisotopic (exact) mass is 426 g/mol. The molecule has 0 bridgehead atoms. The second-order valence-electron chi connectivity index (χ2n) is 6.77. The van der Waals surface area contributed by atoms with Crippen LogP contribution in [0, 0.1) is 5.82 Å². The van der Waals surface area contributed by atoms with Crippen molar-refractivity contribution in [3.05, 3.63) is 89.1 Å². The molecular formula is C22H16ClFN2O4. The summed E-state index contributed by atoms with van der Waals surface area (Å²) in [6.45, 7) is 0.0140. The molecule has 2 aromatic carbocycles. The number of imide groups is 1. The molecule has 1 aliphatic rings. The lowest BCUT2D eigenvalue weighted by molar-refractivity contribution is -0.122. The fraction of sp³-hybridized carbons (Fsp3) is 0.136. The molecule has 6 nitrogen and oxygen atoms in total. The molecule has 4 rings (SSSR count). The summed E-state index contributed by atoms with van der Waals surface area (Å²) in [7, 11) is 0. The van der Waals surface area contributed by atoms with Crippen LogP contribution in [-0.2, 0) is 16.1 Å². The molecule has 1 unspecified atom stereocenters. The second-order valence-corrected chi connectivity index (χ2v) is 7.17. The van der Waals surface area contributed by atoms with Crippen molar-refractivity contribution in [3.63, 3.8) is 0 Å². The van der Waals surface area contributed by atoms with Gasteiger partial charge in [-0.3, -0.25) is 14.4 Å². The molecule has 1 atom stereocenters. The van der Waals surface area contributed by atoms with E-state index in [-0.39, 0.29) is 24.4 Å². The number of furan rings is 1. The summed E-state index contributed by atoms with van der Waals surface area (Å²) >= 11 is 6.25. The van der Waals surface area contributed by atoms with Crippen molar-refractivity contribution in [2.45, 2.75) is 19.0 Å². The number of hydrogen-bond acceptors (Lipinski definition) is 4. The minimum atomic E-state index is -1.04. The highest BCUT2D eigenvalue weighted by Gasteiger charge is 2.45. The average Bonchev–Trinajstić information content (AvgIpc) is 3.36. The van der Waals surface area contributed by atoms with Crippen molar-refractivity contribution in [1.82, 2.24) is 4.90 Å². The van der Waals surface area contributed by atoms with Crippen molar-refractivity contribution >= 4 is 35.0 Å². The van der Waals surface area contributed by atoms with E-state index in [2.05, 4.69) is 0 Å². The van der Waals surface area contributed by atoms with Gasteiger partial charge in [-0.1, -0.05) is 29.8 Å². The normalized spacial score (nSPS) is 16.2. The lowest BCUT2D eigenvalue weighted by Crippen LogP contribution is -2.45. The zero-order chi connectivity index (χ0) is 21.3. The minimum absolute atomic E-state index is 0.0140. The number of rotatable bonds is 5. The highest BCUT2D eigenvalue weighted by atomic mass is 35.5. The van der Waals surface area contributed by atoms with E-state index in [1.54, 1.807) is 30.3 Å². The summed E-state index contributed by atoms with van der Waals surface area (Å²) in [5.41, 5.74) is 0.872. The van der Waals surface area contributed by atoms with Gasteiger partial charge in [0.05, 0.1) is 18.4 Å². The first-order valence-corrected chi connectivity index (χ1v) is 9.54. The van der Waals surface area contributed by atoms with Crippen molar-refractivity contribution in [3.8, 4) is 0 Å². The van der Waals surface area contributed by atoms with Gasteiger partial charge in [-0.25, -0.2) is 9.29 Å². The van der Waals surface area contributed by atoms with Crippen molar-refractivity contribution < 1.29 is 23.2 Å². The van der Waals surface area contributed by atoms with Crippen LogP contribution in [0.2, 0.25) is 5.02 Å². The Kier molecular flexibility index (Phi) is 5.37. The van der Waals surface area contributed by atoms with E-state index in [4.69, 9.17) is 16.0 Å². The number of anilines is 1. The second kappa shape index (κ2) is 8.12. The van der Waals surface area contributed by atoms with E-state index in [1.165, 1.54) is 41.5 Å². The summed E-state index contributed by atoms with van der Waals surface area (Å²) in [6.07, 6.45) is 1.15. The maximum atomic E-state index is 13.3. The van der Waals surface area contributed by atoms with Gasteiger partial charge in [0.1, 0.15) is 11.9 Å². The molecule has 3 aromatic rings. The van der Waals surface area contributed by atoms with E-state index in [1.807, 2.05) is 0 Å². The van der Waals surface area contributed by atoms with Crippen LogP contribution in [0.3, 0.4) is 0 Å². The summed E-state index contributed by atoms with van der Waals surface area (Å²) in [5, 5.41) is 0.432. The molecule has 0 saturated carbocycles. The molecular weight excluding hydrogens is 411 g/mol. The zero-order valence-electron chi connectivity index (χ0n) is 15.6. The maximum Gasteiger partial charge on any atom is 0.290 e. The molecule has 152 valence electrons. The number of hydrogen-bond donors (Lipinski definition) is 0. The molecule has 0 aliphatic carbocycles. The Hall–Kier alpha value is -3.45. The van der Waals surface area contributed by atoms with Crippen molar-refractivity contribution in [2.75, 3.05) is 4.90 Å². The molecule has 1 fully saturated rings. The largest absolute Gasteiger partial charge is 0.459 e. The van der Waals surface area contributed by atoms with Crippen LogP contribution < -0.4 is 4.90 Å². The molecule has 2 heterocycles. The first-order valence-electron chi connectivity index (χ1n) is 9.16.